The van der Waals surface area contributed by atoms with Crippen molar-refractivity contribution in [2.75, 3.05) is 20.7 Å². The van der Waals surface area contributed by atoms with Gasteiger partial charge in [0, 0.05) is 12.6 Å². The maximum Gasteiger partial charge on any atom is 0.249 e. The predicted octanol–water partition coefficient (Wildman–Crippen LogP) is 3.68. The molecule has 1 amide bonds. The number of aliphatic hydroxyl groups excluding tert-OH is 1. The maximum atomic E-state index is 12.7. The third-order valence-electron chi connectivity index (χ3n) is 4.07. The van der Waals surface area contributed by atoms with E-state index in [0.717, 1.165) is 11.1 Å². The van der Waals surface area contributed by atoms with Gasteiger partial charge < -0.3 is 14.7 Å². The first-order chi connectivity index (χ1) is 12.0. The molecule has 0 aliphatic heterocycles. The van der Waals surface area contributed by atoms with Crippen molar-refractivity contribution >= 4 is 12.0 Å². The number of hydrogen-bond acceptors (Lipinski definition) is 3. The Hall–Kier alpha value is -2.59. The molecule has 0 spiro atoms. The second kappa shape index (κ2) is 9.04. The molecule has 2 aromatic rings. The smallest absolute Gasteiger partial charge is 0.249 e. The van der Waals surface area contributed by atoms with Crippen molar-refractivity contribution in [1.29, 1.82) is 0 Å². The number of nitrogens with zero attached hydrogens (tertiary/aromatic N) is 1. The zero-order chi connectivity index (χ0) is 18.2. The van der Waals surface area contributed by atoms with Gasteiger partial charge in [-0.25, -0.2) is 0 Å². The molecule has 0 aliphatic carbocycles. The van der Waals surface area contributed by atoms with Crippen LogP contribution in [-0.4, -0.2) is 36.6 Å². The highest BCUT2D eigenvalue weighted by Gasteiger charge is 2.18. The summed E-state index contributed by atoms with van der Waals surface area (Å²) in [6, 6.07) is 17.0. The van der Waals surface area contributed by atoms with Gasteiger partial charge >= 0.3 is 0 Å². The number of aliphatic hydroxyl groups is 1. The first-order valence-electron chi connectivity index (χ1n) is 8.38. The number of ether oxygens (including phenoxy) is 1. The summed E-state index contributed by atoms with van der Waals surface area (Å²) in [6.07, 6.45) is 1.77. The molecule has 132 valence electrons. The van der Waals surface area contributed by atoms with Gasteiger partial charge in [0.1, 0.15) is 5.75 Å². The van der Waals surface area contributed by atoms with Crippen molar-refractivity contribution in [3.8, 4) is 5.75 Å². The highest BCUT2D eigenvalue weighted by molar-refractivity contribution is 5.97. The molecule has 0 heterocycles. The molecule has 4 heteroatoms. The zero-order valence-electron chi connectivity index (χ0n) is 15.0. The summed E-state index contributed by atoms with van der Waals surface area (Å²) in [7, 11) is 3.29. The minimum absolute atomic E-state index is 0.0756. The second-order valence-corrected chi connectivity index (χ2v) is 5.91. The van der Waals surface area contributed by atoms with Crippen molar-refractivity contribution in [2.45, 2.75) is 19.4 Å². The Labute approximate surface area is 149 Å². The fourth-order valence-corrected chi connectivity index (χ4v) is 2.61. The van der Waals surface area contributed by atoms with E-state index >= 15 is 0 Å². The molecule has 1 N–H and O–H groups in total. The Bertz CT molecular complexity index is 725. The first kappa shape index (κ1) is 18.7. The Morgan fingerprint density at radius 2 is 1.92 bits per heavy atom. The average molecular weight is 339 g/mol. The van der Waals surface area contributed by atoms with Crippen LogP contribution in [0.1, 0.15) is 30.6 Å². The number of carbonyl (C=O) groups excluding carboxylic acids is 1. The van der Waals surface area contributed by atoms with E-state index in [4.69, 9.17) is 4.74 Å². The summed E-state index contributed by atoms with van der Waals surface area (Å²) in [4.78, 5) is 14.2. The lowest BCUT2D eigenvalue weighted by molar-refractivity contribution is -0.127. The maximum absolute atomic E-state index is 12.7. The molecular weight excluding hydrogens is 314 g/mol. The third-order valence-corrected chi connectivity index (χ3v) is 4.07. The van der Waals surface area contributed by atoms with E-state index in [2.05, 4.69) is 0 Å². The third kappa shape index (κ3) is 5.19. The molecule has 2 aromatic carbocycles. The monoisotopic (exact) mass is 339 g/mol. The summed E-state index contributed by atoms with van der Waals surface area (Å²) < 4.78 is 5.18. The molecule has 0 aliphatic rings. The minimum Gasteiger partial charge on any atom is -0.497 e. The number of benzene rings is 2. The van der Waals surface area contributed by atoms with E-state index in [-0.39, 0.29) is 12.5 Å². The fourth-order valence-electron chi connectivity index (χ4n) is 2.61. The highest BCUT2D eigenvalue weighted by Crippen LogP contribution is 2.20. The molecule has 0 bridgehead atoms. The van der Waals surface area contributed by atoms with Crippen LogP contribution in [0.15, 0.2) is 60.2 Å². The summed E-state index contributed by atoms with van der Waals surface area (Å²) in [5.41, 5.74) is 2.44. The van der Waals surface area contributed by atoms with E-state index in [1.807, 2.05) is 61.5 Å². The van der Waals surface area contributed by atoms with Gasteiger partial charge in [-0.05, 0) is 35.8 Å². The molecule has 25 heavy (non-hydrogen) atoms. The molecule has 0 radical (unpaired) electrons. The lowest BCUT2D eigenvalue weighted by Gasteiger charge is -2.22. The Balaban J connectivity index is 2.08. The fraction of sp³-hybridized carbons (Fsp3) is 0.286. The van der Waals surface area contributed by atoms with Crippen molar-refractivity contribution in [1.82, 2.24) is 4.90 Å². The normalized spacial score (nSPS) is 12.6. The van der Waals surface area contributed by atoms with Crippen LogP contribution in [0.3, 0.4) is 0 Å². The van der Waals surface area contributed by atoms with Gasteiger partial charge in [-0.1, -0.05) is 49.4 Å². The summed E-state index contributed by atoms with van der Waals surface area (Å²) in [6.45, 7) is 2.18. The van der Waals surface area contributed by atoms with Crippen LogP contribution in [0.5, 0.6) is 5.75 Å². The lowest BCUT2D eigenvalue weighted by Crippen LogP contribution is -2.32. The van der Waals surface area contributed by atoms with Gasteiger partial charge in [0.05, 0.1) is 19.8 Å². The van der Waals surface area contributed by atoms with Gasteiger partial charge in [0.25, 0.3) is 0 Å². The molecule has 0 fully saturated rings. The second-order valence-electron chi connectivity index (χ2n) is 5.91. The van der Waals surface area contributed by atoms with E-state index < -0.39 is 6.10 Å². The van der Waals surface area contributed by atoms with Crippen molar-refractivity contribution in [2.24, 2.45) is 0 Å². The van der Waals surface area contributed by atoms with E-state index in [9.17, 15) is 9.90 Å². The number of amides is 1. The van der Waals surface area contributed by atoms with Crippen LogP contribution < -0.4 is 4.74 Å². The van der Waals surface area contributed by atoms with Gasteiger partial charge in [-0.3, -0.25) is 4.79 Å². The van der Waals surface area contributed by atoms with Gasteiger partial charge in [-0.2, -0.15) is 0 Å². The largest absolute Gasteiger partial charge is 0.497 e. The number of hydrogen-bond donors (Lipinski definition) is 1. The van der Waals surface area contributed by atoms with Crippen LogP contribution in [0.25, 0.3) is 6.08 Å². The predicted molar refractivity (Wildman–Crippen MR) is 100 cm³/mol. The number of likely N-dealkylation sites (N-methyl/N-ethyl adjacent to an activating group) is 1. The van der Waals surface area contributed by atoms with E-state index in [0.29, 0.717) is 17.7 Å². The van der Waals surface area contributed by atoms with E-state index in [1.165, 1.54) is 0 Å². The Morgan fingerprint density at radius 1 is 1.20 bits per heavy atom. The topological polar surface area (TPSA) is 49.8 Å². The summed E-state index contributed by atoms with van der Waals surface area (Å²) >= 11 is 0. The van der Waals surface area contributed by atoms with Crippen LogP contribution in [0.2, 0.25) is 0 Å². The van der Waals surface area contributed by atoms with Crippen LogP contribution >= 0.6 is 0 Å². The van der Waals surface area contributed by atoms with Crippen LogP contribution in [0.4, 0.5) is 0 Å². The Morgan fingerprint density at radius 3 is 2.56 bits per heavy atom. The summed E-state index contributed by atoms with van der Waals surface area (Å²) in [5, 5.41) is 10.4. The number of rotatable bonds is 7. The molecular formula is C21H25NO3. The standard InChI is InChI=1S/C21H25NO3/c1-4-17(13-16-9-6-5-7-10-16)21(24)22(2)15-20(23)18-11-8-12-19(14-18)25-3/h5-14,20,23H,4,15H2,1-3H3/b17-13+. The molecule has 1 atom stereocenters. The first-order valence-corrected chi connectivity index (χ1v) is 8.38. The van der Waals surface area contributed by atoms with E-state index in [1.54, 1.807) is 25.1 Å². The average Bonchev–Trinajstić information content (AvgIpc) is 2.66. The molecule has 4 nitrogen and oxygen atoms in total. The Kier molecular flexibility index (Phi) is 6.78. The molecule has 0 aromatic heterocycles. The van der Waals surface area contributed by atoms with Gasteiger partial charge in [-0.15, -0.1) is 0 Å². The number of carbonyl (C=O) groups is 1. The minimum atomic E-state index is -0.765. The molecule has 0 saturated heterocycles. The molecule has 1 unspecified atom stereocenters. The number of methoxy groups -OCH3 is 1. The van der Waals surface area contributed by atoms with Crippen molar-refractivity contribution in [3.63, 3.8) is 0 Å². The lowest BCUT2D eigenvalue weighted by atomic mass is 10.1. The zero-order valence-corrected chi connectivity index (χ0v) is 15.0. The highest BCUT2D eigenvalue weighted by atomic mass is 16.5. The van der Waals surface area contributed by atoms with Crippen molar-refractivity contribution in [3.05, 3.63) is 71.3 Å². The molecule has 0 saturated carbocycles. The van der Waals surface area contributed by atoms with Crippen LogP contribution in [-0.2, 0) is 4.79 Å². The van der Waals surface area contributed by atoms with Crippen LogP contribution in [0, 0.1) is 0 Å². The van der Waals surface area contributed by atoms with Gasteiger partial charge in [0.15, 0.2) is 0 Å². The summed E-state index contributed by atoms with van der Waals surface area (Å²) in [5.74, 6) is 0.608. The van der Waals surface area contributed by atoms with Gasteiger partial charge in [0.2, 0.25) is 5.91 Å². The molecule has 2 rings (SSSR count). The SMILES string of the molecule is CC/C(=C\c1ccccc1)C(=O)N(C)CC(O)c1cccc(OC)c1. The quantitative estimate of drug-likeness (QED) is 0.783. The van der Waals surface area contributed by atoms with Crippen molar-refractivity contribution < 1.29 is 14.6 Å².